The molecule has 3 atom stereocenters. The third kappa shape index (κ3) is 2.46. The van der Waals surface area contributed by atoms with Gasteiger partial charge in [0.05, 0.1) is 0 Å². The van der Waals surface area contributed by atoms with Crippen LogP contribution in [0.1, 0.15) is 44.2 Å². The number of nitrogens with one attached hydrogen (secondary N) is 1. The van der Waals surface area contributed by atoms with Crippen molar-refractivity contribution >= 4 is 0 Å². The molecule has 1 saturated carbocycles. The van der Waals surface area contributed by atoms with Crippen molar-refractivity contribution in [3.05, 3.63) is 35.9 Å². The van der Waals surface area contributed by atoms with Crippen LogP contribution in [-0.2, 0) is 0 Å². The summed E-state index contributed by atoms with van der Waals surface area (Å²) in [6, 6.07) is 11.4. The molecule has 0 amide bonds. The lowest BCUT2D eigenvalue weighted by atomic mass is 9.90. The number of hydrogen-bond acceptors (Lipinski definition) is 1. The van der Waals surface area contributed by atoms with Crippen LogP contribution in [-0.4, -0.2) is 7.05 Å². The highest BCUT2D eigenvalue weighted by atomic mass is 14.9. The largest absolute Gasteiger partial charge is 0.313 e. The van der Waals surface area contributed by atoms with Crippen LogP contribution in [0.5, 0.6) is 0 Å². The highest BCUT2D eigenvalue weighted by Crippen LogP contribution is 2.40. The highest BCUT2D eigenvalue weighted by molar-refractivity contribution is 5.20. The molecule has 0 radical (unpaired) electrons. The molecule has 16 heavy (non-hydrogen) atoms. The quantitative estimate of drug-likeness (QED) is 0.809. The molecule has 0 heterocycles. The van der Waals surface area contributed by atoms with Gasteiger partial charge in [-0.3, -0.25) is 0 Å². The lowest BCUT2D eigenvalue weighted by Gasteiger charge is -2.23. The molecule has 0 aromatic heterocycles. The third-order valence-corrected chi connectivity index (χ3v) is 4.10. The standard InChI is InChI=1S/C15H23N/c1-3-12-9-10-14(11-12)15(16-2)13-7-5-4-6-8-13/h4-8,12,14-16H,3,9-11H2,1-2H3. The predicted octanol–water partition coefficient (Wildman–Crippen LogP) is 3.77. The second kappa shape index (κ2) is 5.49. The summed E-state index contributed by atoms with van der Waals surface area (Å²) < 4.78 is 0. The van der Waals surface area contributed by atoms with Crippen molar-refractivity contribution in [2.75, 3.05) is 7.05 Å². The highest BCUT2D eigenvalue weighted by Gasteiger charge is 2.29. The summed E-state index contributed by atoms with van der Waals surface area (Å²) in [6.45, 7) is 2.32. The van der Waals surface area contributed by atoms with E-state index in [1.807, 2.05) is 0 Å². The van der Waals surface area contributed by atoms with Gasteiger partial charge in [0.1, 0.15) is 0 Å². The van der Waals surface area contributed by atoms with E-state index in [-0.39, 0.29) is 0 Å². The molecule has 3 unspecified atom stereocenters. The van der Waals surface area contributed by atoms with Gasteiger partial charge in [-0.05, 0) is 37.3 Å². The van der Waals surface area contributed by atoms with Crippen molar-refractivity contribution in [3.8, 4) is 0 Å². The second-order valence-electron chi connectivity index (χ2n) is 5.02. The van der Waals surface area contributed by atoms with Crippen molar-refractivity contribution < 1.29 is 0 Å². The van der Waals surface area contributed by atoms with Crippen LogP contribution in [0.2, 0.25) is 0 Å². The van der Waals surface area contributed by atoms with Crippen LogP contribution in [0.4, 0.5) is 0 Å². The fourth-order valence-corrected chi connectivity index (χ4v) is 3.12. The molecular weight excluding hydrogens is 194 g/mol. The summed E-state index contributed by atoms with van der Waals surface area (Å²) in [6.07, 6.45) is 5.56. The zero-order valence-electron chi connectivity index (χ0n) is 10.4. The van der Waals surface area contributed by atoms with Crippen LogP contribution in [0.15, 0.2) is 30.3 Å². The minimum absolute atomic E-state index is 0.553. The van der Waals surface area contributed by atoms with Gasteiger partial charge in [-0.25, -0.2) is 0 Å². The molecule has 0 spiro atoms. The smallest absolute Gasteiger partial charge is 0.0346 e. The van der Waals surface area contributed by atoms with Gasteiger partial charge in [0.2, 0.25) is 0 Å². The fourth-order valence-electron chi connectivity index (χ4n) is 3.12. The summed E-state index contributed by atoms with van der Waals surface area (Å²) in [5.74, 6) is 1.79. The third-order valence-electron chi connectivity index (χ3n) is 4.10. The topological polar surface area (TPSA) is 12.0 Å². The Balaban J connectivity index is 2.06. The van der Waals surface area contributed by atoms with E-state index >= 15 is 0 Å². The lowest BCUT2D eigenvalue weighted by Crippen LogP contribution is -2.23. The van der Waals surface area contributed by atoms with Crippen molar-refractivity contribution in [3.63, 3.8) is 0 Å². The number of hydrogen-bond donors (Lipinski definition) is 1. The van der Waals surface area contributed by atoms with Gasteiger partial charge in [0, 0.05) is 6.04 Å². The average Bonchev–Trinajstić information content (AvgIpc) is 2.80. The Labute approximate surface area is 99.3 Å². The maximum Gasteiger partial charge on any atom is 0.0346 e. The first kappa shape index (κ1) is 11.7. The Morgan fingerprint density at radius 3 is 2.56 bits per heavy atom. The molecule has 1 aliphatic rings. The molecule has 1 aromatic rings. The Morgan fingerprint density at radius 2 is 2.00 bits per heavy atom. The van der Waals surface area contributed by atoms with Gasteiger partial charge in [-0.2, -0.15) is 0 Å². The van der Waals surface area contributed by atoms with Gasteiger partial charge >= 0.3 is 0 Å². The van der Waals surface area contributed by atoms with E-state index in [0.29, 0.717) is 6.04 Å². The molecule has 1 fully saturated rings. The maximum absolute atomic E-state index is 3.50. The summed E-state index contributed by atoms with van der Waals surface area (Å²) in [7, 11) is 2.09. The molecule has 0 saturated heterocycles. The minimum atomic E-state index is 0.553. The first-order valence-electron chi connectivity index (χ1n) is 6.57. The van der Waals surface area contributed by atoms with E-state index < -0.39 is 0 Å². The molecular formula is C15H23N. The van der Waals surface area contributed by atoms with E-state index in [0.717, 1.165) is 11.8 Å². The van der Waals surface area contributed by atoms with E-state index in [4.69, 9.17) is 0 Å². The van der Waals surface area contributed by atoms with E-state index in [2.05, 4.69) is 49.6 Å². The van der Waals surface area contributed by atoms with Crippen LogP contribution in [0.25, 0.3) is 0 Å². The fraction of sp³-hybridized carbons (Fsp3) is 0.600. The molecule has 0 aliphatic heterocycles. The average molecular weight is 217 g/mol. The Kier molecular flexibility index (Phi) is 4.00. The summed E-state index contributed by atoms with van der Waals surface area (Å²) in [4.78, 5) is 0. The van der Waals surface area contributed by atoms with Crippen LogP contribution in [0.3, 0.4) is 0 Å². The van der Waals surface area contributed by atoms with Crippen LogP contribution < -0.4 is 5.32 Å². The zero-order chi connectivity index (χ0) is 11.4. The van der Waals surface area contributed by atoms with Gasteiger partial charge in [0.25, 0.3) is 0 Å². The second-order valence-corrected chi connectivity index (χ2v) is 5.02. The van der Waals surface area contributed by atoms with Crippen molar-refractivity contribution in [2.24, 2.45) is 11.8 Å². The molecule has 88 valence electrons. The first-order chi connectivity index (χ1) is 7.85. The van der Waals surface area contributed by atoms with Gasteiger partial charge in [-0.15, -0.1) is 0 Å². The van der Waals surface area contributed by atoms with Gasteiger partial charge in [-0.1, -0.05) is 50.1 Å². The van der Waals surface area contributed by atoms with Crippen molar-refractivity contribution in [2.45, 2.75) is 38.6 Å². The monoisotopic (exact) mass is 217 g/mol. The Hall–Kier alpha value is -0.820. The number of rotatable bonds is 4. The Bertz CT molecular complexity index is 306. The van der Waals surface area contributed by atoms with E-state index in [1.54, 1.807) is 0 Å². The molecule has 0 bridgehead atoms. The first-order valence-corrected chi connectivity index (χ1v) is 6.57. The van der Waals surface area contributed by atoms with Crippen LogP contribution in [0, 0.1) is 11.8 Å². The van der Waals surface area contributed by atoms with Gasteiger partial charge < -0.3 is 5.32 Å². The summed E-state index contributed by atoms with van der Waals surface area (Å²) in [5.41, 5.74) is 1.45. The zero-order valence-corrected chi connectivity index (χ0v) is 10.4. The number of benzene rings is 1. The predicted molar refractivity (Wildman–Crippen MR) is 69.4 cm³/mol. The van der Waals surface area contributed by atoms with E-state index in [1.165, 1.54) is 31.2 Å². The lowest BCUT2D eigenvalue weighted by molar-refractivity contribution is 0.372. The normalized spacial score (nSPS) is 26.9. The maximum atomic E-state index is 3.50. The molecule has 1 aromatic carbocycles. The Morgan fingerprint density at radius 1 is 1.25 bits per heavy atom. The summed E-state index contributed by atoms with van der Waals surface area (Å²) in [5, 5.41) is 3.50. The summed E-state index contributed by atoms with van der Waals surface area (Å²) >= 11 is 0. The molecule has 1 aliphatic carbocycles. The SMILES string of the molecule is CCC1CCC(C(NC)c2ccccc2)C1. The molecule has 1 heteroatoms. The van der Waals surface area contributed by atoms with Crippen molar-refractivity contribution in [1.82, 2.24) is 5.32 Å². The minimum Gasteiger partial charge on any atom is -0.313 e. The van der Waals surface area contributed by atoms with E-state index in [9.17, 15) is 0 Å². The molecule has 1 nitrogen and oxygen atoms in total. The molecule has 2 rings (SSSR count). The van der Waals surface area contributed by atoms with Crippen LogP contribution >= 0.6 is 0 Å². The van der Waals surface area contributed by atoms with Gasteiger partial charge in [0.15, 0.2) is 0 Å². The van der Waals surface area contributed by atoms with Crippen molar-refractivity contribution in [1.29, 1.82) is 0 Å². The molecule has 1 N–H and O–H groups in total.